The highest BCUT2D eigenvalue weighted by Gasteiger charge is 2.28. The zero-order valence-corrected chi connectivity index (χ0v) is 15.1. The first kappa shape index (κ1) is 17.3. The molecule has 0 heterocycles. The van der Waals surface area contributed by atoms with E-state index in [1.807, 2.05) is 20.8 Å². The largest absolute Gasteiger partial charge is 0.444 e. The van der Waals surface area contributed by atoms with E-state index in [2.05, 4.69) is 34.9 Å². The highest BCUT2D eigenvalue weighted by molar-refractivity contribution is 5.68. The Kier molecular flexibility index (Phi) is 5.14. The normalized spacial score (nSPS) is 24.5. The lowest BCUT2D eigenvalue weighted by Crippen LogP contribution is -2.46. The maximum absolute atomic E-state index is 11.9. The molecule has 1 saturated carbocycles. The number of hydrogen-bond donors (Lipinski definition) is 2. The molecule has 0 saturated heterocycles. The molecule has 132 valence electrons. The molecule has 1 fully saturated rings. The summed E-state index contributed by atoms with van der Waals surface area (Å²) in [7, 11) is 0. The van der Waals surface area contributed by atoms with Gasteiger partial charge in [-0.25, -0.2) is 4.79 Å². The Hall–Kier alpha value is -1.55. The topological polar surface area (TPSA) is 50.4 Å². The maximum Gasteiger partial charge on any atom is 0.407 e. The molecule has 4 nitrogen and oxygen atoms in total. The molecular formula is C20H30N2O2. The van der Waals surface area contributed by atoms with Gasteiger partial charge < -0.3 is 15.4 Å². The van der Waals surface area contributed by atoms with Gasteiger partial charge in [0, 0.05) is 18.1 Å². The fraction of sp³-hybridized carbons (Fsp3) is 0.650. The highest BCUT2D eigenvalue weighted by Crippen LogP contribution is 2.25. The summed E-state index contributed by atoms with van der Waals surface area (Å²) in [6, 6.07) is 10.2. The van der Waals surface area contributed by atoms with Gasteiger partial charge >= 0.3 is 6.09 Å². The van der Waals surface area contributed by atoms with E-state index in [0.717, 1.165) is 38.5 Å². The Morgan fingerprint density at radius 2 is 1.50 bits per heavy atom. The second-order valence-electron chi connectivity index (χ2n) is 8.24. The zero-order chi connectivity index (χ0) is 17.2. The van der Waals surface area contributed by atoms with Crippen LogP contribution in [0.15, 0.2) is 24.3 Å². The number of fused-ring (bicyclic) bond motifs is 1. The van der Waals surface area contributed by atoms with Crippen molar-refractivity contribution in [3.63, 3.8) is 0 Å². The van der Waals surface area contributed by atoms with Crippen molar-refractivity contribution in [1.29, 1.82) is 0 Å². The van der Waals surface area contributed by atoms with Crippen molar-refractivity contribution < 1.29 is 9.53 Å². The number of carbonyl (C=O) groups excluding carboxylic acids is 1. The Balaban J connectivity index is 1.39. The van der Waals surface area contributed by atoms with Gasteiger partial charge in [0.25, 0.3) is 0 Å². The minimum Gasteiger partial charge on any atom is -0.444 e. The van der Waals surface area contributed by atoms with E-state index < -0.39 is 5.60 Å². The van der Waals surface area contributed by atoms with E-state index in [0.29, 0.717) is 12.1 Å². The van der Waals surface area contributed by atoms with Gasteiger partial charge in [-0.15, -0.1) is 0 Å². The minimum atomic E-state index is -0.430. The minimum absolute atomic E-state index is 0.249. The van der Waals surface area contributed by atoms with Gasteiger partial charge in [0.05, 0.1) is 0 Å². The van der Waals surface area contributed by atoms with Crippen molar-refractivity contribution in [3.05, 3.63) is 35.4 Å². The summed E-state index contributed by atoms with van der Waals surface area (Å²) in [4.78, 5) is 11.9. The third-order valence-electron chi connectivity index (χ3n) is 4.97. The van der Waals surface area contributed by atoms with Crippen LogP contribution in [0.4, 0.5) is 4.79 Å². The molecule has 2 N–H and O–H groups in total. The first-order valence-electron chi connectivity index (χ1n) is 9.21. The molecule has 0 bridgehead atoms. The van der Waals surface area contributed by atoms with Crippen LogP contribution in [-0.2, 0) is 17.6 Å². The summed E-state index contributed by atoms with van der Waals surface area (Å²) in [6.45, 7) is 5.69. The summed E-state index contributed by atoms with van der Waals surface area (Å²) in [5.41, 5.74) is 2.56. The molecule has 4 heteroatoms. The van der Waals surface area contributed by atoms with Crippen LogP contribution in [0.5, 0.6) is 0 Å². The number of rotatable bonds is 3. The lowest BCUT2D eigenvalue weighted by Gasteiger charge is -2.32. The van der Waals surface area contributed by atoms with Crippen molar-refractivity contribution in [3.8, 4) is 0 Å². The van der Waals surface area contributed by atoms with Gasteiger partial charge in [-0.3, -0.25) is 0 Å². The standard InChI is InChI=1S/C20H30N2O2/c1-20(2,3)24-19(23)22-17-10-8-16(9-11-17)21-18-12-14-6-4-5-7-15(14)13-18/h4-7,16-18,21H,8-13H2,1-3H3,(H,22,23)/t16-,17-. The Bertz CT molecular complexity index is 546. The van der Waals surface area contributed by atoms with Crippen molar-refractivity contribution in [1.82, 2.24) is 10.6 Å². The smallest absolute Gasteiger partial charge is 0.407 e. The molecule has 0 spiro atoms. The molecule has 0 atom stereocenters. The number of hydrogen-bond acceptors (Lipinski definition) is 3. The van der Waals surface area contributed by atoms with Crippen molar-refractivity contribution >= 4 is 6.09 Å². The van der Waals surface area contributed by atoms with Crippen LogP contribution in [-0.4, -0.2) is 29.8 Å². The average molecular weight is 330 g/mol. The van der Waals surface area contributed by atoms with Crippen LogP contribution >= 0.6 is 0 Å². The lowest BCUT2D eigenvalue weighted by molar-refractivity contribution is 0.0489. The van der Waals surface area contributed by atoms with E-state index in [1.54, 1.807) is 0 Å². The average Bonchev–Trinajstić information content (AvgIpc) is 2.89. The SMILES string of the molecule is CC(C)(C)OC(=O)N[C@H]1CC[C@H](NC2Cc3ccccc3C2)CC1. The van der Waals surface area contributed by atoms with Gasteiger partial charge in [0.15, 0.2) is 0 Å². The predicted molar refractivity (Wildman–Crippen MR) is 96.2 cm³/mol. The van der Waals surface area contributed by atoms with E-state index >= 15 is 0 Å². The molecular weight excluding hydrogens is 300 g/mol. The number of nitrogens with one attached hydrogen (secondary N) is 2. The number of alkyl carbamates (subject to hydrolysis) is 1. The molecule has 0 radical (unpaired) electrons. The monoisotopic (exact) mass is 330 g/mol. The molecule has 3 rings (SSSR count). The van der Waals surface area contributed by atoms with Crippen LogP contribution in [0, 0.1) is 0 Å². The van der Waals surface area contributed by atoms with Crippen molar-refractivity contribution in [2.75, 3.05) is 0 Å². The summed E-state index contributed by atoms with van der Waals surface area (Å²) in [5.74, 6) is 0. The fourth-order valence-corrected chi connectivity index (χ4v) is 3.89. The first-order valence-corrected chi connectivity index (χ1v) is 9.21. The van der Waals surface area contributed by atoms with Crippen molar-refractivity contribution in [2.45, 2.75) is 83.0 Å². The molecule has 0 aromatic heterocycles. The van der Waals surface area contributed by atoms with Gasteiger partial charge in [0.1, 0.15) is 5.60 Å². The third kappa shape index (κ3) is 4.73. The van der Waals surface area contributed by atoms with Gasteiger partial charge in [0.2, 0.25) is 0 Å². The predicted octanol–water partition coefficient (Wildman–Crippen LogP) is 3.58. The molecule has 24 heavy (non-hydrogen) atoms. The second kappa shape index (κ2) is 7.14. The molecule has 1 amide bonds. The van der Waals surface area contributed by atoms with Crippen LogP contribution in [0.2, 0.25) is 0 Å². The van der Waals surface area contributed by atoms with Crippen molar-refractivity contribution in [2.24, 2.45) is 0 Å². The summed E-state index contributed by atoms with van der Waals surface area (Å²) in [5, 5.41) is 6.85. The maximum atomic E-state index is 11.9. The first-order chi connectivity index (χ1) is 11.4. The number of benzene rings is 1. The number of carbonyl (C=O) groups is 1. The van der Waals surface area contributed by atoms with Gasteiger partial charge in [-0.1, -0.05) is 24.3 Å². The Labute approximate surface area is 145 Å². The third-order valence-corrected chi connectivity index (χ3v) is 4.97. The van der Waals surface area contributed by atoms with E-state index in [9.17, 15) is 4.79 Å². The molecule has 2 aliphatic carbocycles. The Morgan fingerprint density at radius 3 is 2.04 bits per heavy atom. The number of ether oxygens (including phenoxy) is 1. The van der Waals surface area contributed by atoms with E-state index in [-0.39, 0.29) is 12.1 Å². The summed E-state index contributed by atoms with van der Waals surface area (Å²) in [6.07, 6.45) is 6.29. The Morgan fingerprint density at radius 1 is 0.958 bits per heavy atom. The van der Waals surface area contributed by atoms with Crippen LogP contribution < -0.4 is 10.6 Å². The lowest BCUT2D eigenvalue weighted by atomic mass is 9.90. The van der Waals surface area contributed by atoms with Crippen LogP contribution in [0.25, 0.3) is 0 Å². The van der Waals surface area contributed by atoms with Gasteiger partial charge in [-0.05, 0) is 70.4 Å². The molecule has 0 unspecified atom stereocenters. The second-order valence-corrected chi connectivity index (χ2v) is 8.24. The van der Waals surface area contributed by atoms with Crippen LogP contribution in [0.1, 0.15) is 57.6 Å². The van der Waals surface area contributed by atoms with Crippen LogP contribution in [0.3, 0.4) is 0 Å². The fourth-order valence-electron chi connectivity index (χ4n) is 3.89. The number of amides is 1. The van der Waals surface area contributed by atoms with Gasteiger partial charge in [-0.2, -0.15) is 0 Å². The van der Waals surface area contributed by atoms with E-state index in [1.165, 1.54) is 11.1 Å². The van der Waals surface area contributed by atoms with E-state index in [4.69, 9.17) is 4.74 Å². The molecule has 1 aromatic rings. The summed E-state index contributed by atoms with van der Waals surface area (Å²) >= 11 is 0. The zero-order valence-electron chi connectivity index (χ0n) is 15.1. The molecule has 1 aromatic carbocycles. The molecule has 0 aliphatic heterocycles. The quantitative estimate of drug-likeness (QED) is 0.890. The summed E-state index contributed by atoms with van der Waals surface area (Å²) < 4.78 is 5.35. The molecule has 2 aliphatic rings. The highest BCUT2D eigenvalue weighted by atomic mass is 16.6.